The smallest absolute Gasteiger partial charge is 0.408 e. The van der Waals surface area contributed by atoms with Gasteiger partial charge in [0.05, 0.1) is 7.11 Å². The first kappa shape index (κ1) is 34.1. The van der Waals surface area contributed by atoms with Gasteiger partial charge >= 0.3 is 6.09 Å². The molecule has 0 aliphatic rings. The van der Waals surface area contributed by atoms with Gasteiger partial charge in [-0.1, -0.05) is 30.7 Å². The van der Waals surface area contributed by atoms with E-state index in [0.29, 0.717) is 23.4 Å². The summed E-state index contributed by atoms with van der Waals surface area (Å²) in [6.07, 6.45) is -0.543. The number of primary amides is 1. The highest BCUT2D eigenvalue weighted by molar-refractivity contribution is 5.99. The largest absolute Gasteiger partial charge is 0.497 e. The quantitative estimate of drug-likeness (QED) is 0.316. The van der Waals surface area contributed by atoms with E-state index >= 15 is 0 Å². The van der Waals surface area contributed by atoms with E-state index in [9.17, 15) is 19.2 Å². The maximum absolute atomic E-state index is 14.5. The van der Waals surface area contributed by atoms with Gasteiger partial charge in [0.25, 0.3) is 5.91 Å². The predicted molar refractivity (Wildman–Crippen MR) is 163 cm³/mol. The van der Waals surface area contributed by atoms with Crippen molar-refractivity contribution >= 4 is 29.5 Å². The number of rotatable bonds is 12. The lowest BCUT2D eigenvalue weighted by atomic mass is 9.89. The summed E-state index contributed by atoms with van der Waals surface area (Å²) in [4.78, 5) is 54.7. The first-order valence-electron chi connectivity index (χ1n) is 14.1. The predicted octanol–water partition coefficient (Wildman–Crippen LogP) is 5.17. The van der Waals surface area contributed by atoms with Crippen molar-refractivity contribution in [3.63, 3.8) is 0 Å². The third-order valence-electron chi connectivity index (χ3n) is 7.01. The van der Waals surface area contributed by atoms with E-state index in [1.54, 1.807) is 52.1 Å². The third kappa shape index (κ3) is 9.49. The van der Waals surface area contributed by atoms with Gasteiger partial charge in [-0.2, -0.15) is 0 Å². The molecule has 2 aromatic carbocycles. The summed E-state index contributed by atoms with van der Waals surface area (Å²) in [5, 5.41) is 5.58. The Morgan fingerprint density at radius 1 is 0.976 bits per heavy atom. The van der Waals surface area contributed by atoms with Crippen molar-refractivity contribution in [3.05, 3.63) is 59.2 Å². The van der Waals surface area contributed by atoms with Crippen molar-refractivity contribution in [3.8, 4) is 5.75 Å². The van der Waals surface area contributed by atoms with Crippen molar-refractivity contribution in [1.82, 2.24) is 10.2 Å². The Hall–Kier alpha value is -4.08. The molecule has 0 saturated heterocycles. The van der Waals surface area contributed by atoms with Crippen molar-refractivity contribution in [2.45, 2.75) is 97.9 Å². The van der Waals surface area contributed by atoms with Crippen LogP contribution >= 0.6 is 0 Å². The van der Waals surface area contributed by atoms with Crippen LogP contribution < -0.4 is 21.1 Å². The van der Waals surface area contributed by atoms with E-state index in [0.717, 1.165) is 11.1 Å². The fourth-order valence-corrected chi connectivity index (χ4v) is 4.52. The van der Waals surface area contributed by atoms with Crippen LogP contribution in [0.4, 0.5) is 10.5 Å². The van der Waals surface area contributed by atoms with Crippen molar-refractivity contribution in [2.75, 3.05) is 12.4 Å². The minimum atomic E-state index is -1.18. The van der Waals surface area contributed by atoms with Gasteiger partial charge in [0.15, 0.2) is 0 Å². The highest BCUT2D eigenvalue weighted by Gasteiger charge is 2.43. The molecule has 0 aliphatic heterocycles. The van der Waals surface area contributed by atoms with Crippen molar-refractivity contribution in [1.29, 1.82) is 0 Å². The molecule has 42 heavy (non-hydrogen) atoms. The van der Waals surface area contributed by atoms with Gasteiger partial charge in [0.2, 0.25) is 11.8 Å². The number of hydrogen-bond acceptors (Lipinski definition) is 6. The number of benzene rings is 2. The number of nitrogens with one attached hydrogen (secondary N) is 2. The number of amides is 4. The normalized spacial score (nSPS) is 13.0. The van der Waals surface area contributed by atoms with Crippen LogP contribution in [-0.2, 0) is 19.1 Å². The molecule has 0 heterocycles. The van der Waals surface area contributed by atoms with Crippen LogP contribution in [0.5, 0.6) is 5.75 Å². The minimum Gasteiger partial charge on any atom is -0.497 e. The molecule has 4 N–H and O–H groups in total. The van der Waals surface area contributed by atoms with E-state index in [-0.39, 0.29) is 12.8 Å². The molecule has 0 aliphatic carbocycles. The molecule has 0 saturated carbocycles. The summed E-state index contributed by atoms with van der Waals surface area (Å²) in [7, 11) is 1.56. The van der Waals surface area contributed by atoms with Gasteiger partial charge in [0.1, 0.15) is 23.4 Å². The SMILES string of the molecule is CCC(C)(C)N(C(=O)C(CCC(N)=O)NC(=O)OC(C)(C)C)C(C(=O)Nc1ccc(OC)cc1)c1ccc(C)cc1C. The Labute approximate surface area is 249 Å². The number of hydrogen-bond donors (Lipinski definition) is 3. The Kier molecular flexibility index (Phi) is 11.5. The molecule has 0 fully saturated rings. The van der Waals surface area contributed by atoms with Gasteiger partial charge in [0, 0.05) is 17.6 Å². The zero-order chi connectivity index (χ0) is 31.8. The van der Waals surface area contributed by atoms with Gasteiger partial charge in [-0.15, -0.1) is 0 Å². The van der Waals surface area contributed by atoms with Gasteiger partial charge in [-0.05, 0) is 96.7 Å². The molecule has 2 rings (SSSR count). The second kappa shape index (κ2) is 14.2. The fraction of sp³-hybridized carbons (Fsp3) is 0.500. The average molecular weight is 583 g/mol. The number of carbonyl (C=O) groups excluding carboxylic acids is 4. The molecule has 4 amide bonds. The van der Waals surface area contributed by atoms with E-state index in [1.807, 2.05) is 52.8 Å². The summed E-state index contributed by atoms with van der Waals surface area (Å²) >= 11 is 0. The summed E-state index contributed by atoms with van der Waals surface area (Å²) in [6.45, 7) is 14.6. The lowest BCUT2D eigenvalue weighted by molar-refractivity contribution is -0.148. The Bertz CT molecular complexity index is 1270. The van der Waals surface area contributed by atoms with Crippen LogP contribution in [0.15, 0.2) is 42.5 Å². The van der Waals surface area contributed by atoms with Crippen LogP contribution in [-0.4, -0.2) is 53.0 Å². The third-order valence-corrected chi connectivity index (χ3v) is 7.01. The Balaban J connectivity index is 2.68. The minimum absolute atomic E-state index is 0.0661. The number of aryl methyl sites for hydroxylation is 2. The molecule has 10 nitrogen and oxygen atoms in total. The molecular weight excluding hydrogens is 536 g/mol. The highest BCUT2D eigenvalue weighted by atomic mass is 16.6. The molecule has 0 spiro atoms. The summed E-state index contributed by atoms with van der Waals surface area (Å²) < 4.78 is 10.6. The van der Waals surface area contributed by atoms with E-state index < -0.39 is 47.0 Å². The number of methoxy groups -OCH3 is 1. The zero-order valence-corrected chi connectivity index (χ0v) is 26.3. The van der Waals surface area contributed by atoms with Crippen LogP contribution in [0, 0.1) is 13.8 Å². The molecule has 0 bridgehead atoms. The summed E-state index contributed by atoms with van der Waals surface area (Å²) in [5.74, 6) is -0.964. The maximum Gasteiger partial charge on any atom is 0.408 e. The number of nitrogens with zero attached hydrogens (tertiary/aromatic N) is 1. The monoisotopic (exact) mass is 582 g/mol. The number of carbonyl (C=O) groups is 4. The van der Waals surface area contributed by atoms with Crippen LogP contribution in [0.1, 0.15) is 83.5 Å². The number of ether oxygens (including phenoxy) is 2. The number of alkyl carbamates (subject to hydrolysis) is 1. The van der Waals surface area contributed by atoms with Gasteiger partial charge in [-0.3, -0.25) is 14.4 Å². The fourth-order valence-electron chi connectivity index (χ4n) is 4.52. The molecule has 0 aromatic heterocycles. The molecule has 2 atom stereocenters. The van der Waals surface area contributed by atoms with Crippen LogP contribution in [0.2, 0.25) is 0 Å². The summed E-state index contributed by atoms with van der Waals surface area (Å²) in [5.41, 5.74) is 6.74. The van der Waals surface area contributed by atoms with Crippen molar-refractivity contribution < 1.29 is 28.7 Å². The number of anilines is 1. The van der Waals surface area contributed by atoms with E-state index in [2.05, 4.69) is 10.6 Å². The lowest BCUT2D eigenvalue weighted by Crippen LogP contribution is -2.59. The molecule has 2 unspecified atom stereocenters. The molecule has 2 aromatic rings. The van der Waals surface area contributed by atoms with Gasteiger partial charge in [-0.25, -0.2) is 4.79 Å². The number of nitrogens with two attached hydrogens (primary N) is 1. The Morgan fingerprint density at radius 3 is 2.10 bits per heavy atom. The van der Waals surface area contributed by atoms with Crippen LogP contribution in [0.3, 0.4) is 0 Å². The maximum atomic E-state index is 14.5. The second-order valence-corrected chi connectivity index (χ2v) is 12.1. The average Bonchev–Trinajstić information content (AvgIpc) is 2.88. The molecule has 230 valence electrons. The molecular formula is C32H46N4O6. The molecule has 0 radical (unpaired) electrons. The first-order chi connectivity index (χ1) is 19.5. The van der Waals surface area contributed by atoms with E-state index in [4.69, 9.17) is 15.2 Å². The summed E-state index contributed by atoms with van der Waals surface area (Å²) in [6, 6.07) is 10.3. The Morgan fingerprint density at radius 2 is 1.60 bits per heavy atom. The highest BCUT2D eigenvalue weighted by Crippen LogP contribution is 2.35. The standard InChI is InChI=1S/C32H46N4O6/c1-10-32(7,8)36(29(39)25(17-18-26(33)37)35-30(40)42-31(4,5)6)27(24-16-11-20(2)19-21(24)3)28(38)34-22-12-14-23(41-9)15-13-22/h11-16,19,25,27H,10,17-18H2,1-9H3,(H2,33,37)(H,34,38)(H,35,40). The lowest BCUT2D eigenvalue weighted by Gasteiger charge is -2.45. The van der Waals surface area contributed by atoms with Crippen molar-refractivity contribution in [2.24, 2.45) is 5.73 Å². The zero-order valence-electron chi connectivity index (χ0n) is 26.3. The molecule has 10 heteroatoms. The van der Waals surface area contributed by atoms with Crippen LogP contribution in [0.25, 0.3) is 0 Å². The second-order valence-electron chi connectivity index (χ2n) is 12.1. The van der Waals surface area contributed by atoms with Gasteiger partial charge < -0.3 is 30.7 Å². The topological polar surface area (TPSA) is 140 Å². The first-order valence-corrected chi connectivity index (χ1v) is 14.1. The van der Waals surface area contributed by atoms with E-state index in [1.165, 1.54) is 4.90 Å².